The third-order valence-corrected chi connectivity index (χ3v) is 7.30. The first-order valence-corrected chi connectivity index (χ1v) is 11.6. The maximum atomic E-state index is 6.64. The number of likely N-dealkylation sites (N-methyl/N-ethyl adjacent to an activating group) is 1. The van der Waals surface area contributed by atoms with Crippen LogP contribution in [-0.2, 0) is 0 Å². The zero-order valence-electron chi connectivity index (χ0n) is 17.6. The van der Waals surface area contributed by atoms with Gasteiger partial charge in [0.2, 0.25) is 0 Å². The highest BCUT2D eigenvalue weighted by atomic mass is 35.5. The highest BCUT2D eigenvalue weighted by Gasteiger charge is 2.27. The molecule has 1 aromatic carbocycles. The molecule has 2 aliphatic rings. The van der Waals surface area contributed by atoms with Crippen molar-refractivity contribution in [3.05, 3.63) is 40.4 Å². The Bertz CT molecular complexity index is 617. The van der Waals surface area contributed by atoms with Gasteiger partial charge in [-0.1, -0.05) is 75.9 Å². The van der Waals surface area contributed by atoms with Crippen molar-refractivity contribution in [2.24, 2.45) is 5.41 Å². The quantitative estimate of drug-likeness (QED) is 0.483. The van der Waals surface area contributed by atoms with Gasteiger partial charge in [0.15, 0.2) is 0 Å². The summed E-state index contributed by atoms with van der Waals surface area (Å²) >= 11 is 6.64. The fraction of sp³-hybridized carbons (Fsp3) is 0.680. The second-order valence-corrected chi connectivity index (χ2v) is 9.91. The molecule has 150 valence electrons. The number of halogens is 1. The Labute approximate surface area is 172 Å². The lowest BCUT2D eigenvalue weighted by molar-refractivity contribution is 0.181. The van der Waals surface area contributed by atoms with Crippen molar-refractivity contribution >= 4 is 17.7 Å². The monoisotopic (exact) mass is 387 g/mol. The van der Waals surface area contributed by atoms with E-state index in [1.165, 1.54) is 63.4 Å². The molecule has 0 spiro atoms. The lowest BCUT2D eigenvalue weighted by Crippen LogP contribution is -2.36. The van der Waals surface area contributed by atoms with E-state index in [4.69, 9.17) is 11.6 Å². The zero-order chi connectivity index (χ0) is 19.3. The van der Waals surface area contributed by atoms with Crippen LogP contribution in [0.25, 0.3) is 6.08 Å². The average Bonchev–Trinajstić information content (AvgIpc) is 2.67. The predicted molar refractivity (Wildman–Crippen MR) is 120 cm³/mol. The van der Waals surface area contributed by atoms with Gasteiger partial charge >= 0.3 is 0 Å². The maximum absolute atomic E-state index is 6.64. The van der Waals surface area contributed by atoms with E-state index in [0.717, 1.165) is 29.7 Å². The van der Waals surface area contributed by atoms with Gasteiger partial charge in [-0.05, 0) is 73.6 Å². The number of nitrogens with zero attached hydrogens (tertiary/aromatic N) is 1. The van der Waals surface area contributed by atoms with Gasteiger partial charge in [-0.15, -0.1) is 0 Å². The molecule has 0 N–H and O–H groups in total. The molecule has 2 heteroatoms. The second kappa shape index (κ2) is 9.61. The molecular formula is C25H38ClN. The van der Waals surface area contributed by atoms with Crippen LogP contribution in [-0.4, -0.2) is 24.0 Å². The molecule has 0 atom stereocenters. The summed E-state index contributed by atoms with van der Waals surface area (Å²) in [4.78, 5) is 2.63. The summed E-state index contributed by atoms with van der Waals surface area (Å²) in [6.07, 6.45) is 16.7. The summed E-state index contributed by atoms with van der Waals surface area (Å²) in [7, 11) is 0. The highest BCUT2D eigenvalue weighted by Crippen LogP contribution is 2.43. The minimum Gasteiger partial charge on any atom is -0.297 e. The molecule has 2 aliphatic carbocycles. The van der Waals surface area contributed by atoms with Crippen LogP contribution in [0.1, 0.15) is 95.6 Å². The molecule has 0 aromatic heterocycles. The van der Waals surface area contributed by atoms with Gasteiger partial charge in [-0.2, -0.15) is 0 Å². The van der Waals surface area contributed by atoms with Gasteiger partial charge in [0.1, 0.15) is 0 Å². The largest absolute Gasteiger partial charge is 0.297 e. The van der Waals surface area contributed by atoms with E-state index < -0.39 is 0 Å². The first kappa shape index (κ1) is 20.9. The van der Waals surface area contributed by atoms with Crippen LogP contribution in [0, 0.1) is 5.41 Å². The van der Waals surface area contributed by atoms with Crippen molar-refractivity contribution in [3.63, 3.8) is 0 Å². The zero-order valence-corrected chi connectivity index (χ0v) is 18.4. The summed E-state index contributed by atoms with van der Waals surface area (Å²) in [5.41, 5.74) is 3.12. The van der Waals surface area contributed by atoms with Crippen molar-refractivity contribution < 1.29 is 0 Å². The Morgan fingerprint density at radius 2 is 1.78 bits per heavy atom. The van der Waals surface area contributed by atoms with Crippen molar-refractivity contribution in [2.45, 2.75) is 90.5 Å². The molecular weight excluding hydrogens is 350 g/mol. The van der Waals surface area contributed by atoms with Gasteiger partial charge in [0.25, 0.3) is 0 Å². The van der Waals surface area contributed by atoms with Gasteiger partial charge in [0.05, 0.1) is 0 Å². The van der Waals surface area contributed by atoms with E-state index in [-0.39, 0.29) is 0 Å². The van der Waals surface area contributed by atoms with E-state index in [9.17, 15) is 0 Å². The van der Waals surface area contributed by atoms with Crippen LogP contribution in [0.5, 0.6) is 0 Å². The summed E-state index contributed by atoms with van der Waals surface area (Å²) in [6, 6.07) is 7.54. The SMILES string of the molecule is CCN(C/C=C\c1ccc(C2CCC(C)(C)CC2)cc1Cl)C1CCCCC1. The molecule has 0 bridgehead atoms. The summed E-state index contributed by atoms with van der Waals surface area (Å²) in [5, 5.41) is 0.911. The minimum atomic E-state index is 0.520. The smallest absolute Gasteiger partial charge is 0.0481 e. The fourth-order valence-corrected chi connectivity index (χ4v) is 5.21. The van der Waals surface area contributed by atoms with Crippen LogP contribution < -0.4 is 0 Å². The molecule has 1 aromatic rings. The highest BCUT2D eigenvalue weighted by molar-refractivity contribution is 6.32. The van der Waals surface area contributed by atoms with Crippen LogP contribution >= 0.6 is 11.6 Å². The third-order valence-electron chi connectivity index (χ3n) is 6.97. The van der Waals surface area contributed by atoms with Crippen molar-refractivity contribution in [1.82, 2.24) is 4.90 Å². The Hall–Kier alpha value is -0.790. The van der Waals surface area contributed by atoms with Crippen molar-refractivity contribution in [3.8, 4) is 0 Å². The summed E-state index contributed by atoms with van der Waals surface area (Å²) in [6.45, 7) is 9.26. The number of benzene rings is 1. The van der Waals surface area contributed by atoms with Crippen LogP contribution in [0.4, 0.5) is 0 Å². The number of hydrogen-bond donors (Lipinski definition) is 0. The van der Waals surface area contributed by atoms with Crippen LogP contribution in [0.3, 0.4) is 0 Å². The molecule has 0 saturated heterocycles. The first-order chi connectivity index (χ1) is 13.0. The van der Waals surface area contributed by atoms with Gasteiger partial charge < -0.3 is 0 Å². The molecule has 27 heavy (non-hydrogen) atoms. The Balaban J connectivity index is 1.58. The van der Waals surface area contributed by atoms with Crippen molar-refractivity contribution in [1.29, 1.82) is 0 Å². The first-order valence-electron chi connectivity index (χ1n) is 11.2. The van der Waals surface area contributed by atoms with E-state index in [1.807, 2.05) is 0 Å². The molecule has 2 saturated carbocycles. The third kappa shape index (κ3) is 5.84. The van der Waals surface area contributed by atoms with E-state index in [0.29, 0.717) is 11.3 Å². The molecule has 3 rings (SSSR count). The average molecular weight is 388 g/mol. The van der Waals surface area contributed by atoms with Crippen LogP contribution in [0.2, 0.25) is 5.02 Å². The lowest BCUT2D eigenvalue weighted by atomic mass is 9.71. The molecule has 2 fully saturated rings. The lowest BCUT2D eigenvalue weighted by Gasteiger charge is -2.34. The Kier molecular flexibility index (Phi) is 7.45. The number of rotatable bonds is 6. The Morgan fingerprint density at radius 1 is 1.07 bits per heavy atom. The predicted octanol–water partition coefficient (Wildman–Crippen LogP) is 7.69. The minimum absolute atomic E-state index is 0.520. The molecule has 0 aliphatic heterocycles. The molecule has 0 heterocycles. The topological polar surface area (TPSA) is 3.24 Å². The standard InChI is InChI=1S/C25H38ClN/c1-4-27(23-10-6-5-7-11-23)18-8-9-21-12-13-22(19-24(21)26)20-14-16-25(2,3)17-15-20/h8-9,12-13,19-20,23H,4-7,10-11,14-18H2,1-3H3/b9-8-. The molecule has 0 radical (unpaired) electrons. The second-order valence-electron chi connectivity index (χ2n) is 9.50. The van der Waals surface area contributed by atoms with Gasteiger partial charge in [-0.25, -0.2) is 0 Å². The fourth-order valence-electron chi connectivity index (χ4n) is 4.96. The molecule has 0 amide bonds. The van der Waals surface area contributed by atoms with Gasteiger partial charge in [0, 0.05) is 17.6 Å². The molecule has 1 nitrogen and oxygen atoms in total. The summed E-state index contributed by atoms with van der Waals surface area (Å²) < 4.78 is 0. The number of hydrogen-bond acceptors (Lipinski definition) is 1. The normalized spacial score (nSPS) is 22.0. The van der Waals surface area contributed by atoms with Gasteiger partial charge in [-0.3, -0.25) is 4.90 Å². The maximum Gasteiger partial charge on any atom is 0.0481 e. The van der Waals surface area contributed by atoms with E-state index in [2.05, 4.69) is 56.0 Å². The Morgan fingerprint density at radius 3 is 2.41 bits per heavy atom. The van der Waals surface area contributed by atoms with Crippen LogP contribution in [0.15, 0.2) is 24.3 Å². The van der Waals surface area contributed by atoms with Crippen molar-refractivity contribution in [2.75, 3.05) is 13.1 Å². The summed E-state index contributed by atoms with van der Waals surface area (Å²) in [5.74, 6) is 0.690. The molecule has 0 unspecified atom stereocenters. The van der Waals surface area contributed by atoms with E-state index in [1.54, 1.807) is 0 Å². The van der Waals surface area contributed by atoms with E-state index >= 15 is 0 Å².